The number of piperazine rings is 1. The lowest BCUT2D eigenvalue weighted by atomic mass is 10.1. The Morgan fingerprint density at radius 1 is 1.15 bits per heavy atom. The zero-order valence-corrected chi connectivity index (χ0v) is 11.5. The van der Waals surface area contributed by atoms with Crippen LogP contribution in [0, 0.1) is 0 Å². The first kappa shape index (κ1) is 12.9. The molecule has 0 bridgehead atoms. The number of rotatable bonds is 3. The highest BCUT2D eigenvalue weighted by atomic mass is 16.5. The van der Waals surface area contributed by atoms with Crippen molar-refractivity contribution in [3.63, 3.8) is 0 Å². The maximum absolute atomic E-state index is 5.40. The van der Waals surface area contributed by atoms with Crippen molar-refractivity contribution in [3.05, 3.63) is 36.7 Å². The van der Waals surface area contributed by atoms with Gasteiger partial charge in [-0.2, -0.15) is 0 Å². The standard InChI is InChI=1S/C15H18N4O/c1-20-14-5-3-2-4-12(14)13-10-15(18-11-17-13)19-8-6-16-7-9-19/h2-5,10-11,16H,6-9H2,1H3. The van der Waals surface area contributed by atoms with Crippen LogP contribution in [0.4, 0.5) is 5.82 Å². The van der Waals surface area contributed by atoms with Gasteiger partial charge in [0.2, 0.25) is 0 Å². The summed E-state index contributed by atoms with van der Waals surface area (Å²) in [4.78, 5) is 11.0. The maximum Gasteiger partial charge on any atom is 0.132 e. The maximum atomic E-state index is 5.40. The van der Waals surface area contributed by atoms with Crippen molar-refractivity contribution in [1.82, 2.24) is 15.3 Å². The van der Waals surface area contributed by atoms with Crippen molar-refractivity contribution >= 4 is 5.82 Å². The number of benzene rings is 1. The van der Waals surface area contributed by atoms with Gasteiger partial charge in [0.15, 0.2) is 0 Å². The molecular weight excluding hydrogens is 252 g/mol. The Labute approximate surface area is 118 Å². The summed E-state index contributed by atoms with van der Waals surface area (Å²) in [6, 6.07) is 9.94. The van der Waals surface area contributed by atoms with Gasteiger partial charge in [0.1, 0.15) is 17.9 Å². The number of nitrogens with zero attached hydrogens (tertiary/aromatic N) is 3. The number of ether oxygens (including phenoxy) is 1. The van der Waals surface area contributed by atoms with E-state index in [1.54, 1.807) is 13.4 Å². The molecule has 1 N–H and O–H groups in total. The molecule has 2 aromatic rings. The second kappa shape index (κ2) is 5.88. The molecule has 1 aliphatic heterocycles. The highest BCUT2D eigenvalue weighted by Gasteiger charge is 2.14. The van der Waals surface area contributed by atoms with Gasteiger partial charge in [0, 0.05) is 37.8 Å². The van der Waals surface area contributed by atoms with Gasteiger partial charge in [0.25, 0.3) is 0 Å². The second-order valence-electron chi connectivity index (χ2n) is 4.70. The predicted octanol–water partition coefficient (Wildman–Crippen LogP) is 1.56. The molecule has 1 saturated heterocycles. The van der Waals surface area contributed by atoms with E-state index in [0.717, 1.165) is 49.0 Å². The zero-order valence-electron chi connectivity index (χ0n) is 11.5. The number of para-hydroxylation sites is 1. The average Bonchev–Trinajstić information content (AvgIpc) is 2.56. The van der Waals surface area contributed by atoms with Crippen LogP contribution in [0.3, 0.4) is 0 Å². The largest absolute Gasteiger partial charge is 0.496 e. The molecule has 2 heterocycles. The van der Waals surface area contributed by atoms with Crippen LogP contribution in [0.5, 0.6) is 5.75 Å². The van der Waals surface area contributed by atoms with E-state index in [1.807, 2.05) is 30.3 Å². The Kier molecular flexibility index (Phi) is 3.78. The molecule has 1 aliphatic rings. The molecule has 20 heavy (non-hydrogen) atoms. The summed E-state index contributed by atoms with van der Waals surface area (Å²) < 4.78 is 5.40. The number of aromatic nitrogens is 2. The SMILES string of the molecule is COc1ccccc1-c1cc(N2CCNCC2)ncn1. The third-order valence-corrected chi connectivity index (χ3v) is 3.48. The van der Waals surface area contributed by atoms with E-state index < -0.39 is 0 Å². The summed E-state index contributed by atoms with van der Waals surface area (Å²) in [6.07, 6.45) is 1.62. The molecule has 1 aromatic heterocycles. The smallest absolute Gasteiger partial charge is 0.132 e. The van der Waals surface area contributed by atoms with E-state index in [2.05, 4.69) is 20.2 Å². The van der Waals surface area contributed by atoms with Crippen molar-refractivity contribution in [3.8, 4) is 17.0 Å². The summed E-state index contributed by atoms with van der Waals surface area (Å²) in [5.74, 6) is 1.81. The molecule has 0 aliphatic carbocycles. The van der Waals surface area contributed by atoms with Gasteiger partial charge in [0.05, 0.1) is 12.8 Å². The van der Waals surface area contributed by atoms with Gasteiger partial charge >= 0.3 is 0 Å². The fourth-order valence-corrected chi connectivity index (χ4v) is 2.42. The van der Waals surface area contributed by atoms with Crippen molar-refractivity contribution < 1.29 is 4.74 Å². The molecule has 0 amide bonds. The summed E-state index contributed by atoms with van der Waals surface area (Å²) >= 11 is 0. The molecule has 1 fully saturated rings. The van der Waals surface area contributed by atoms with Gasteiger partial charge in [-0.05, 0) is 12.1 Å². The van der Waals surface area contributed by atoms with Gasteiger partial charge in [-0.1, -0.05) is 12.1 Å². The van der Waals surface area contributed by atoms with Crippen molar-refractivity contribution in [2.24, 2.45) is 0 Å². The normalized spacial score (nSPS) is 15.2. The summed E-state index contributed by atoms with van der Waals surface area (Å²) in [5, 5.41) is 3.34. The quantitative estimate of drug-likeness (QED) is 0.917. The third-order valence-electron chi connectivity index (χ3n) is 3.48. The Morgan fingerprint density at radius 3 is 2.75 bits per heavy atom. The first-order chi connectivity index (χ1) is 9.88. The van der Waals surface area contributed by atoms with E-state index in [0.29, 0.717) is 0 Å². The lowest BCUT2D eigenvalue weighted by molar-refractivity contribution is 0.416. The predicted molar refractivity (Wildman–Crippen MR) is 79.1 cm³/mol. The van der Waals surface area contributed by atoms with E-state index in [4.69, 9.17) is 4.74 Å². The highest BCUT2D eigenvalue weighted by Crippen LogP contribution is 2.29. The summed E-state index contributed by atoms with van der Waals surface area (Å²) in [5.41, 5.74) is 1.89. The number of nitrogens with one attached hydrogen (secondary N) is 1. The van der Waals surface area contributed by atoms with Crippen LogP contribution in [-0.4, -0.2) is 43.3 Å². The van der Waals surface area contributed by atoms with E-state index in [-0.39, 0.29) is 0 Å². The summed E-state index contributed by atoms with van der Waals surface area (Å²) in [6.45, 7) is 3.94. The van der Waals surface area contributed by atoms with Crippen LogP contribution in [0.2, 0.25) is 0 Å². The van der Waals surface area contributed by atoms with Crippen LogP contribution in [0.1, 0.15) is 0 Å². The minimum atomic E-state index is 0.831. The van der Waals surface area contributed by atoms with Crippen LogP contribution in [0.15, 0.2) is 36.7 Å². The first-order valence-electron chi connectivity index (χ1n) is 6.79. The molecule has 0 radical (unpaired) electrons. The Morgan fingerprint density at radius 2 is 1.95 bits per heavy atom. The molecule has 0 unspecified atom stereocenters. The monoisotopic (exact) mass is 270 g/mol. The van der Waals surface area contributed by atoms with Crippen molar-refractivity contribution in [2.45, 2.75) is 0 Å². The van der Waals surface area contributed by atoms with Gasteiger partial charge in [-0.25, -0.2) is 9.97 Å². The molecule has 0 spiro atoms. The number of hydrogen-bond donors (Lipinski definition) is 1. The van der Waals surface area contributed by atoms with E-state index in [9.17, 15) is 0 Å². The van der Waals surface area contributed by atoms with Crippen LogP contribution >= 0.6 is 0 Å². The lowest BCUT2D eigenvalue weighted by Crippen LogP contribution is -2.43. The molecule has 0 atom stereocenters. The van der Waals surface area contributed by atoms with Crippen LogP contribution in [-0.2, 0) is 0 Å². The van der Waals surface area contributed by atoms with E-state index >= 15 is 0 Å². The van der Waals surface area contributed by atoms with Gasteiger partial charge < -0.3 is 15.0 Å². The zero-order chi connectivity index (χ0) is 13.8. The fourth-order valence-electron chi connectivity index (χ4n) is 2.42. The number of methoxy groups -OCH3 is 1. The van der Waals surface area contributed by atoms with E-state index in [1.165, 1.54) is 0 Å². The number of anilines is 1. The average molecular weight is 270 g/mol. The van der Waals surface area contributed by atoms with Crippen LogP contribution in [0.25, 0.3) is 11.3 Å². The minimum absolute atomic E-state index is 0.831. The van der Waals surface area contributed by atoms with Crippen molar-refractivity contribution in [1.29, 1.82) is 0 Å². The van der Waals surface area contributed by atoms with Gasteiger partial charge in [-0.15, -0.1) is 0 Å². The Balaban J connectivity index is 1.94. The topological polar surface area (TPSA) is 50.3 Å². The van der Waals surface area contributed by atoms with Gasteiger partial charge in [-0.3, -0.25) is 0 Å². The Hall–Kier alpha value is -2.14. The second-order valence-corrected chi connectivity index (χ2v) is 4.70. The fraction of sp³-hybridized carbons (Fsp3) is 0.333. The first-order valence-corrected chi connectivity index (χ1v) is 6.79. The molecule has 0 saturated carbocycles. The minimum Gasteiger partial charge on any atom is -0.496 e. The highest BCUT2D eigenvalue weighted by molar-refractivity contribution is 5.69. The molecule has 3 rings (SSSR count). The number of hydrogen-bond acceptors (Lipinski definition) is 5. The molecule has 5 nitrogen and oxygen atoms in total. The van der Waals surface area contributed by atoms with Crippen molar-refractivity contribution in [2.75, 3.05) is 38.2 Å². The summed E-state index contributed by atoms with van der Waals surface area (Å²) in [7, 11) is 1.68. The third kappa shape index (κ3) is 2.58. The van der Waals surface area contributed by atoms with Crippen LogP contribution < -0.4 is 15.0 Å². The Bertz CT molecular complexity index is 582. The molecular formula is C15H18N4O. The molecule has 104 valence electrons. The molecule has 1 aromatic carbocycles. The lowest BCUT2D eigenvalue weighted by Gasteiger charge is -2.28. The molecule has 5 heteroatoms.